The number of benzene rings is 2. The lowest BCUT2D eigenvalue weighted by Crippen LogP contribution is -2.13. The van der Waals surface area contributed by atoms with Gasteiger partial charge in [0.15, 0.2) is 11.6 Å². The van der Waals surface area contributed by atoms with Crippen LogP contribution in [0.15, 0.2) is 51.7 Å². The predicted molar refractivity (Wildman–Crippen MR) is 73.5 cm³/mol. The van der Waals surface area contributed by atoms with E-state index in [0.717, 1.165) is 16.8 Å². The number of hydrogen-bond donors (Lipinski definition) is 0. The van der Waals surface area contributed by atoms with Gasteiger partial charge in [-0.2, -0.15) is 4.68 Å². The van der Waals surface area contributed by atoms with Crippen LogP contribution in [-0.4, -0.2) is 9.78 Å². The molecule has 8 heteroatoms. The summed E-state index contributed by atoms with van der Waals surface area (Å²) in [6, 6.07) is 9.03. The molecule has 5 nitrogen and oxygen atoms in total. The lowest BCUT2D eigenvalue weighted by molar-refractivity contribution is 0.308. The smallest absolute Gasteiger partial charge is 0.407 e. The molecule has 0 aliphatic rings. The third-order valence-electron chi connectivity index (χ3n) is 2.67. The Hall–Kier alpha value is -2.67. The minimum atomic E-state index is -0.944. The van der Waals surface area contributed by atoms with Gasteiger partial charge in [-0.05, 0) is 30.3 Å². The summed E-state index contributed by atoms with van der Waals surface area (Å²) in [7, 11) is 0. The third kappa shape index (κ3) is 2.84. The van der Waals surface area contributed by atoms with E-state index in [4.69, 9.17) is 20.8 Å². The summed E-state index contributed by atoms with van der Waals surface area (Å²) in [5.74, 6) is -2.85. The fourth-order valence-electron chi connectivity index (χ4n) is 1.73. The van der Waals surface area contributed by atoms with Crippen LogP contribution in [0.1, 0.15) is 0 Å². The zero-order valence-corrected chi connectivity index (χ0v) is 11.6. The van der Waals surface area contributed by atoms with Gasteiger partial charge in [0.05, 0.1) is 5.69 Å². The number of hydrogen-bond acceptors (Lipinski definition) is 4. The molecule has 0 N–H and O–H groups in total. The van der Waals surface area contributed by atoms with Crippen molar-refractivity contribution in [1.29, 1.82) is 0 Å². The van der Waals surface area contributed by atoms with Crippen molar-refractivity contribution in [3.63, 3.8) is 0 Å². The van der Waals surface area contributed by atoms with Crippen LogP contribution in [0.25, 0.3) is 5.69 Å². The zero-order valence-electron chi connectivity index (χ0n) is 10.8. The van der Waals surface area contributed by atoms with Crippen LogP contribution in [0.4, 0.5) is 8.78 Å². The minimum absolute atomic E-state index is 0.319. The molecule has 1 aromatic heterocycles. The second-order valence-electron chi connectivity index (χ2n) is 4.20. The summed E-state index contributed by atoms with van der Waals surface area (Å²) in [6.07, 6.45) is -0.476. The second kappa shape index (κ2) is 5.61. The molecule has 0 aliphatic heterocycles. The van der Waals surface area contributed by atoms with Crippen molar-refractivity contribution >= 4 is 11.6 Å². The molecular weight excluding hydrogens is 318 g/mol. The maximum Gasteiger partial charge on any atom is 0.444 e. The molecule has 22 heavy (non-hydrogen) atoms. The van der Waals surface area contributed by atoms with Gasteiger partial charge in [-0.25, -0.2) is 13.6 Å². The highest BCUT2D eigenvalue weighted by molar-refractivity contribution is 6.30. The van der Waals surface area contributed by atoms with Crippen LogP contribution in [0.2, 0.25) is 5.02 Å². The maximum absolute atomic E-state index is 13.5. The molecule has 3 rings (SSSR count). The molecule has 3 aromatic rings. The Kier molecular flexibility index (Phi) is 3.64. The van der Waals surface area contributed by atoms with Crippen molar-refractivity contribution in [2.45, 2.75) is 0 Å². The molecular formula is C14H7ClF2N2O3. The third-order valence-corrected chi connectivity index (χ3v) is 2.91. The predicted octanol–water partition coefficient (Wildman–Crippen LogP) is 3.55. The fraction of sp³-hybridized carbons (Fsp3) is 0. The molecule has 0 amide bonds. The van der Waals surface area contributed by atoms with Gasteiger partial charge in [-0.15, -0.1) is 0 Å². The van der Waals surface area contributed by atoms with E-state index in [1.807, 2.05) is 0 Å². The first kappa shape index (κ1) is 14.3. The largest absolute Gasteiger partial charge is 0.444 e. The molecule has 0 unspecified atom stereocenters. The topological polar surface area (TPSA) is 57.3 Å². The SMILES string of the molecule is O=c1oc(Oc2ccc(F)cc2F)nn1-c1cccc(Cl)c1. The summed E-state index contributed by atoms with van der Waals surface area (Å²) in [5, 5.41) is 4.18. The summed E-state index contributed by atoms with van der Waals surface area (Å²) >= 11 is 5.83. The molecule has 0 saturated heterocycles. The first-order valence-corrected chi connectivity index (χ1v) is 6.40. The highest BCUT2D eigenvalue weighted by atomic mass is 35.5. The van der Waals surface area contributed by atoms with E-state index in [-0.39, 0.29) is 5.75 Å². The first-order valence-electron chi connectivity index (χ1n) is 6.02. The van der Waals surface area contributed by atoms with Gasteiger partial charge in [-0.3, -0.25) is 0 Å². The Balaban J connectivity index is 1.94. The van der Waals surface area contributed by atoms with E-state index in [2.05, 4.69) is 5.10 Å². The maximum atomic E-state index is 13.5. The average Bonchev–Trinajstić information content (AvgIpc) is 2.83. The van der Waals surface area contributed by atoms with Gasteiger partial charge < -0.3 is 9.15 Å². The van der Waals surface area contributed by atoms with Crippen LogP contribution in [-0.2, 0) is 0 Å². The standard InChI is InChI=1S/C14H7ClF2N2O3/c15-8-2-1-3-10(6-8)19-14(20)22-13(18-19)21-12-5-4-9(16)7-11(12)17/h1-7H. The number of aromatic nitrogens is 2. The van der Waals surface area contributed by atoms with Crippen LogP contribution >= 0.6 is 11.6 Å². The van der Waals surface area contributed by atoms with Crippen LogP contribution in [0.5, 0.6) is 11.8 Å². The van der Waals surface area contributed by atoms with Gasteiger partial charge in [-0.1, -0.05) is 22.8 Å². The van der Waals surface area contributed by atoms with Gasteiger partial charge in [0.2, 0.25) is 0 Å². The van der Waals surface area contributed by atoms with Crippen molar-refractivity contribution < 1.29 is 17.9 Å². The lowest BCUT2D eigenvalue weighted by Gasteiger charge is -2.01. The van der Waals surface area contributed by atoms with Gasteiger partial charge in [0, 0.05) is 11.1 Å². The molecule has 0 fully saturated rings. The lowest BCUT2D eigenvalue weighted by atomic mass is 10.3. The fourth-order valence-corrected chi connectivity index (χ4v) is 1.91. The molecule has 0 bridgehead atoms. The average molecular weight is 325 g/mol. The van der Waals surface area contributed by atoms with Gasteiger partial charge in [0.1, 0.15) is 5.82 Å². The van der Waals surface area contributed by atoms with Crippen molar-refractivity contribution in [3.8, 4) is 17.5 Å². The Morgan fingerprint density at radius 1 is 1.18 bits per heavy atom. The molecule has 0 aliphatic carbocycles. The van der Waals surface area contributed by atoms with E-state index in [1.54, 1.807) is 18.2 Å². The number of halogens is 3. The Morgan fingerprint density at radius 2 is 2.00 bits per heavy atom. The van der Waals surface area contributed by atoms with Gasteiger partial charge >= 0.3 is 11.8 Å². The summed E-state index contributed by atoms with van der Waals surface area (Å²) in [5.41, 5.74) is 0.357. The van der Waals surface area contributed by atoms with Crippen molar-refractivity contribution in [3.05, 3.63) is 69.7 Å². The van der Waals surface area contributed by atoms with E-state index in [1.165, 1.54) is 6.07 Å². The van der Waals surface area contributed by atoms with Crippen molar-refractivity contribution in [2.75, 3.05) is 0 Å². The molecule has 0 radical (unpaired) electrons. The van der Waals surface area contributed by atoms with Crippen molar-refractivity contribution in [2.24, 2.45) is 0 Å². The summed E-state index contributed by atoms with van der Waals surface area (Å²) in [4.78, 5) is 11.7. The molecule has 2 aromatic carbocycles. The number of ether oxygens (including phenoxy) is 1. The number of rotatable bonds is 3. The quantitative estimate of drug-likeness (QED) is 0.739. The monoisotopic (exact) mass is 324 g/mol. The van der Waals surface area contributed by atoms with Crippen molar-refractivity contribution in [1.82, 2.24) is 9.78 Å². The second-order valence-corrected chi connectivity index (χ2v) is 4.64. The first-order chi connectivity index (χ1) is 10.5. The highest BCUT2D eigenvalue weighted by Gasteiger charge is 2.14. The Bertz CT molecular complexity index is 892. The number of nitrogens with zero attached hydrogens (tertiary/aromatic N) is 2. The zero-order chi connectivity index (χ0) is 15.7. The Labute approximate surface area is 127 Å². The molecule has 0 saturated carbocycles. The normalized spacial score (nSPS) is 10.7. The molecule has 0 atom stereocenters. The minimum Gasteiger partial charge on any atom is -0.407 e. The van der Waals surface area contributed by atoms with Gasteiger partial charge in [0.25, 0.3) is 0 Å². The van der Waals surface area contributed by atoms with E-state index in [9.17, 15) is 13.6 Å². The highest BCUT2D eigenvalue weighted by Crippen LogP contribution is 2.23. The van der Waals surface area contributed by atoms with E-state index < -0.39 is 23.5 Å². The molecule has 0 spiro atoms. The van der Waals surface area contributed by atoms with Crippen LogP contribution in [0, 0.1) is 11.6 Å². The summed E-state index contributed by atoms with van der Waals surface area (Å²) < 4.78 is 37.0. The molecule has 112 valence electrons. The van der Waals surface area contributed by atoms with Crippen LogP contribution in [0.3, 0.4) is 0 Å². The summed E-state index contributed by atoms with van der Waals surface area (Å²) in [6.45, 7) is 0. The molecule has 1 heterocycles. The van der Waals surface area contributed by atoms with Crippen LogP contribution < -0.4 is 10.5 Å². The van der Waals surface area contributed by atoms with E-state index >= 15 is 0 Å². The Morgan fingerprint density at radius 3 is 2.73 bits per heavy atom. The van der Waals surface area contributed by atoms with E-state index in [0.29, 0.717) is 16.8 Å².